The summed E-state index contributed by atoms with van der Waals surface area (Å²) in [6, 6.07) is 0.241. The molecule has 0 bridgehead atoms. The Balaban J connectivity index is 2.05. The molecule has 0 aromatic carbocycles. The van der Waals surface area contributed by atoms with Crippen LogP contribution in [-0.4, -0.2) is 42.3 Å². The third kappa shape index (κ3) is 2.51. The van der Waals surface area contributed by atoms with Crippen molar-refractivity contribution in [2.75, 3.05) is 13.6 Å². The number of aryl methyl sites for hydroxylation is 1. The molecule has 2 rings (SSSR count). The number of nitrogens with zero attached hydrogens (tertiary/aromatic N) is 2. The number of nitrogens with two attached hydrogens (primary N) is 1. The van der Waals surface area contributed by atoms with Crippen LogP contribution < -0.4 is 5.73 Å². The monoisotopic (exact) mass is 258 g/mol. The minimum Gasteiger partial charge on any atom is -0.332 e. The van der Waals surface area contributed by atoms with E-state index < -0.39 is 10.0 Å². The van der Waals surface area contributed by atoms with Crippen LogP contribution in [0.4, 0.5) is 0 Å². The smallest absolute Gasteiger partial charge is 0.259 e. The molecule has 96 valence electrons. The fraction of sp³-hybridized carbons (Fsp3) is 0.700. The third-order valence-corrected chi connectivity index (χ3v) is 4.89. The van der Waals surface area contributed by atoms with Crippen LogP contribution >= 0.6 is 0 Å². The lowest BCUT2D eigenvalue weighted by Gasteiger charge is -2.34. The van der Waals surface area contributed by atoms with Gasteiger partial charge in [0.1, 0.15) is 5.82 Å². The first-order valence-corrected chi connectivity index (χ1v) is 7.07. The van der Waals surface area contributed by atoms with Crippen molar-refractivity contribution in [3.05, 3.63) is 12.0 Å². The molecule has 0 aliphatic heterocycles. The summed E-state index contributed by atoms with van der Waals surface area (Å²) in [5.74, 6) is 0.983. The van der Waals surface area contributed by atoms with Gasteiger partial charge in [0.2, 0.25) is 0 Å². The van der Waals surface area contributed by atoms with E-state index in [4.69, 9.17) is 5.73 Å². The lowest BCUT2D eigenvalue weighted by atomic mass is 9.81. The van der Waals surface area contributed by atoms with E-state index in [0.29, 0.717) is 18.3 Å². The molecule has 1 aromatic rings. The van der Waals surface area contributed by atoms with E-state index in [0.717, 1.165) is 12.8 Å². The van der Waals surface area contributed by atoms with Crippen LogP contribution in [0, 0.1) is 12.8 Å². The zero-order chi connectivity index (χ0) is 12.6. The molecule has 1 saturated carbocycles. The Labute approximate surface area is 101 Å². The molecular formula is C10H18N4O2S. The summed E-state index contributed by atoms with van der Waals surface area (Å²) in [5.41, 5.74) is 5.68. The summed E-state index contributed by atoms with van der Waals surface area (Å²) in [4.78, 5) is 6.66. The highest BCUT2D eigenvalue weighted by atomic mass is 32.2. The van der Waals surface area contributed by atoms with Crippen LogP contribution in [0.5, 0.6) is 0 Å². The van der Waals surface area contributed by atoms with Crippen molar-refractivity contribution >= 4 is 10.0 Å². The highest BCUT2D eigenvalue weighted by Gasteiger charge is 2.31. The van der Waals surface area contributed by atoms with E-state index in [1.165, 1.54) is 10.5 Å². The molecule has 0 unspecified atom stereocenters. The van der Waals surface area contributed by atoms with Crippen molar-refractivity contribution in [3.63, 3.8) is 0 Å². The van der Waals surface area contributed by atoms with Crippen molar-refractivity contribution in [2.24, 2.45) is 11.7 Å². The number of sulfonamides is 1. The van der Waals surface area contributed by atoms with Crippen LogP contribution in [-0.2, 0) is 10.0 Å². The quantitative estimate of drug-likeness (QED) is 0.799. The maximum absolute atomic E-state index is 12.1. The first kappa shape index (κ1) is 12.5. The topological polar surface area (TPSA) is 92.1 Å². The van der Waals surface area contributed by atoms with Crippen molar-refractivity contribution < 1.29 is 8.42 Å². The number of imidazole rings is 1. The molecular weight excluding hydrogens is 240 g/mol. The summed E-state index contributed by atoms with van der Waals surface area (Å²) in [6.07, 6.45) is 3.16. The van der Waals surface area contributed by atoms with Crippen molar-refractivity contribution in [3.8, 4) is 0 Å². The number of hydrogen-bond acceptors (Lipinski definition) is 4. The van der Waals surface area contributed by atoms with E-state index in [1.807, 2.05) is 0 Å². The molecule has 7 heteroatoms. The minimum atomic E-state index is -3.43. The Morgan fingerprint density at radius 2 is 2.24 bits per heavy atom. The van der Waals surface area contributed by atoms with Gasteiger partial charge in [0.05, 0.1) is 6.20 Å². The van der Waals surface area contributed by atoms with Gasteiger partial charge in [-0.25, -0.2) is 13.4 Å². The fourth-order valence-electron chi connectivity index (χ4n) is 2.10. The summed E-state index contributed by atoms with van der Waals surface area (Å²) >= 11 is 0. The summed E-state index contributed by atoms with van der Waals surface area (Å²) in [5, 5.41) is 0.154. The van der Waals surface area contributed by atoms with Gasteiger partial charge in [-0.15, -0.1) is 0 Å². The van der Waals surface area contributed by atoms with Gasteiger partial charge in [-0.05, 0) is 25.7 Å². The molecule has 0 saturated heterocycles. The van der Waals surface area contributed by atoms with E-state index in [-0.39, 0.29) is 11.1 Å². The molecule has 17 heavy (non-hydrogen) atoms. The number of hydrogen-bond donors (Lipinski definition) is 2. The van der Waals surface area contributed by atoms with E-state index in [1.54, 1.807) is 14.0 Å². The number of nitrogens with one attached hydrogen (secondary N) is 1. The Morgan fingerprint density at radius 3 is 2.71 bits per heavy atom. The summed E-state index contributed by atoms with van der Waals surface area (Å²) < 4.78 is 25.6. The fourth-order valence-corrected chi connectivity index (χ4v) is 3.30. The normalized spacial score (nSPS) is 24.9. The predicted molar refractivity (Wildman–Crippen MR) is 63.8 cm³/mol. The SMILES string of the molecule is Cc1ncc(S(=O)(=O)N(C)CC2CC(N)C2)[nH]1. The molecule has 0 amide bonds. The molecule has 1 heterocycles. The molecule has 1 aliphatic rings. The number of rotatable bonds is 4. The molecule has 0 radical (unpaired) electrons. The van der Waals surface area contributed by atoms with Crippen LogP contribution in [0.3, 0.4) is 0 Å². The van der Waals surface area contributed by atoms with Gasteiger partial charge in [0.15, 0.2) is 5.03 Å². The molecule has 1 fully saturated rings. The lowest BCUT2D eigenvalue weighted by Crippen LogP contribution is -2.43. The van der Waals surface area contributed by atoms with Gasteiger partial charge in [0.25, 0.3) is 10.0 Å². The number of aromatic nitrogens is 2. The van der Waals surface area contributed by atoms with Gasteiger partial charge >= 0.3 is 0 Å². The second kappa shape index (κ2) is 4.40. The summed E-state index contributed by atoms with van der Waals surface area (Å²) in [6.45, 7) is 2.25. The highest BCUT2D eigenvalue weighted by Crippen LogP contribution is 2.27. The van der Waals surface area contributed by atoms with Crippen molar-refractivity contribution in [1.82, 2.24) is 14.3 Å². The van der Waals surface area contributed by atoms with Gasteiger partial charge in [-0.2, -0.15) is 4.31 Å². The maximum Gasteiger partial charge on any atom is 0.259 e. The highest BCUT2D eigenvalue weighted by molar-refractivity contribution is 7.89. The predicted octanol–water partition coefficient (Wildman–Crippen LogP) is 0.0759. The average molecular weight is 258 g/mol. The maximum atomic E-state index is 12.1. The minimum absolute atomic E-state index is 0.154. The van der Waals surface area contributed by atoms with Gasteiger partial charge in [-0.1, -0.05) is 0 Å². The first-order valence-electron chi connectivity index (χ1n) is 5.63. The second-order valence-corrected chi connectivity index (χ2v) is 6.73. The van der Waals surface area contributed by atoms with Crippen LogP contribution in [0.15, 0.2) is 11.2 Å². The Bertz CT molecular complexity index is 490. The standard InChI is InChI=1S/C10H18N4O2S/c1-7-12-5-10(13-7)17(15,16)14(2)6-8-3-9(11)4-8/h5,8-9H,3-4,6,11H2,1-2H3,(H,12,13). The Kier molecular flexibility index (Phi) is 3.24. The lowest BCUT2D eigenvalue weighted by molar-refractivity contribution is 0.227. The van der Waals surface area contributed by atoms with Crippen LogP contribution in [0.1, 0.15) is 18.7 Å². The molecule has 0 atom stereocenters. The van der Waals surface area contributed by atoms with E-state index >= 15 is 0 Å². The van der Waals surface area contributed by atoms with Gasteiger partial charge in [-0.3, -0.25) is 0 Å². The Morgan fingerprint density at radius 1 is 1.59 bits per heavy atom. The second-order valence-electron chi connectivity index (χ2n) is 4.72. The van der Waals surface area contributed by atoms with Crippen LogP contribution in [0.2, 0.25) is 0 Å². The zero-order valence-electron chi connectivity index (χ0n) is 10.0. The molecule has 0 spiro atoms. The summed E-state index contributed by atoms with van der Waals surface area (Å²) in [7, 11) is -1.84. The van der Waals surface area contributed by atoms with Gasteiger partial charge < -0.3 is 10.7 Å². The molecule has 1 aliphatic carbocycles. The van der Waals surface area contributed by atoms with Crippen molar-refractivity contribution in [1.29, 1.82) is 0 Å². The zero-order valence-corrected chi connectivity index (χ0v) is 10.9. The molecule has 3 N–H and O–H groups in total. The Hall–Kier alpha value is -0.920. The van der Waals surface area contributed by atoms with E-state index in [2.05, 4.69) is 9.97 Å². The number of H-pyrrole nitrogens is 1. The molecule has 1 aromatic heterocycles. The van der Waals surface area contributed by atoms with Crippen molar-refractivity contribution in [2.45, 2.75) is 30.8 Å². The molecule has 6 nitrogen and oxygen atoms in total. The van der Waals surface area contributed by atoms with Crippen LogP contribution in [0.25, 0.3) is 0 Å². The average Bonchev–Trinajstić information content (AvgIpc) is 2.63. The third-order valence-electron chi connectivity index (χ3n) is 3.16. The van der Waals surface area contributed by atoms with E-state index in [9.17, 15) is 8.42 Å². The van der Waals surface area contributed by atoms with Gasteiger partial charge in [0, 0.05) is 19.6 Å². The number of aromatic amines is 1. The largest absolute Gasteiger partial charge is 0.332 e. The first-order chi connectivity index (χ1) is 7.89.